The Morgan fingerprint density at radius 2 is 1.82 bits per heavy atom. The van der Waals surface area contributed by atoms with E-state index in [1.54, 1.807) is 0 Å². The van der Waals surface area contributed by atoms with Crippen molar-refractivity contribution in [3.8, 4) is 0 Å². The third-order valence-electron chi connectivity index (χ3n) is 6.21. The van der Waals surface area contributed by atoms with Gasteiger partial charge in [0.1, 0.15) is 10.7 Å². The van der Waals surface area contributed by atoms with Gasteiger partial charge in [-0.1, -0.05) is 38.8 Å². The van der Waals surface area contributed by atoms with Crippen LogP contribution in [-0.4, -0.2) is 62.3 Å². The van der Waals surface area contributed by atoms with Crippen molar-refractivity contribution < 1.29 is 17.6 Å². The maximum atomic E-state index is 13.9. The molecule has 0 bridgehead atoms. The number of amides is 1. The van der Waals surface area contributed by atoms with Crippen molar-refractivity contribution in [2.24, 2.45) is 11.8 Å². The van der Waals surface area contributed by atoms with Gasteiger partial charge in [-0.2, -0.15) is 4.31 Å². The summed E-state index contributed by atoms with van der Waals surface area (Å²) in [5.41, 5.74) is 0. The summed E-state index contributed by atoms with van der Waals surface area (Å²) in [6, 6.07) is 5.65. The topological polar surface area (TPSA) is 69.7 Å². The fourth-order valence-corrected chi connectivity index (χ4v) is 5.65. The van der Waals surface area contributed by atoms with Crippen LogP contribution in [0.4, 0.5) is 4.39 Å². The summed E-state index contributed by atoms with van der Waals surface area (Å²) in [5, 5.41) is 3.16. The number of halogens is 1. The van der Waals surface area contributed by atoms with Gasteiger partial charge >= 0.3 is 0 Å². The molecule has 28 heavy (non-hydrogen) atoms. The summed E-state index contributed by atoms with van der Waals surface area (Å²) in [7, 11) is -3.85. The Labute approximate surface area is 167 Å². The summed E-state index contributed by atoms with van der Waals surface area (Å²) < 4.78 is 40.5. The summed E-state index contributed by atoms with van der Waals surface area (Å²) in [6.45, 7) is 6.11. The number of carbonyl (C=O) groups is 1. The Balaban J connectivity index is 1.51. The fraction of sp³-hybridized carbons (Fsp3) is 0.650. The van der Waals surface area contributed by atoms with Crippen LogP contribution >= 0.6 is 0 Å². The van der Waals surface area contributed by atoms with E-state index >= 15 is 0 Å². The molecule has 3 atom stereocenters. The molecule has 1 heterocycles. The van der Waals surface area contributed by atoms with Crippen LogP contribution in [0.25, 0.3) is 0 Å². The van der Waals surface area contributed by atoms with Gasteiger partial charge in [0.2, 0.25) is 15.9 Å². The van der Waals surface area contributed by atoms with Gasteiger partial charge in [0.15, 0.2) is 0 Å². The SMILES string of the molecule is C[C@H]1[C@H](C)CCC[C@@H]1NC(=O)CN1CCN(S(=O)(=O)c2ccccc2F)CC1. The summed E-state index contributed by atoms with van der Waals surface area (Å²) in [6.07, 6.45) is 3.38. The Morgan fingerprint density at radius 3 is 2.50 bits per heavy atom. The number of sulfonamides is 1. The van der Waals surface area contributed by atoms with Crippen LogP contribution in [0.15, 0.2) is 29.2 Å². The van der Waals surface area contributed by atoms with E-state index in [0.29, 0.717) is 24.9 Å². The number of nitrogens with zero attached hydrogens (tertiary/aromatic N) is 2. The first-order valence-electron chi connectivity index (χ1n) is 10.1. The monoisotopic (exact) mass is 411 g/mol. The van der Waals surface area contributed by atoms with Gasteiger partial charge in [0.05, 0.1) is 6.54 Å². The molecular formula is C20H30FN3O3S. The van der Waals surface area contributed by atoms with E-state index in [1.807, 2.05) is 4.90 Å². The highest BCUT2D eigenvalue weighted by Crippen LogP contribution is 2.29. The summed E-state index contributed by atoms with van der Waals surface area (Å²) >= 11 is 0. The van der Waals surface area contributed by atoms with Gasteiger partial charge in [0, 0.05) is 32.2 Å². The van der Waals surface area contributed by atoms with Crippen molar-refractivity contribution in [2.45, 2.75) is 44.0 Å². The average molecular weight is 412 g/mol. The molecule has 2 fully saturated rings. The molecule has 1 saturated heterocycles. The second-order valence-corrected chi connectivity index (χ2v) is 9.96. The molecule has 6 nitrogen and oxygen atoms in total. The van der Waals surface area contributed by atoms with Crippen molar-refractivity contribution in [2.75, 3.05) is 32.7 Å². The van der Waals surface area contributed by atoms with E-state index < -0.39 is 15.8 Å². The minimum absolute atomic E-state index is 0.00337. The molecule has 1 aliphatic carbocycles. The van der Waals surface area contributed by atoms with Crippen molar-refractivity contribution >= 4 is 15.9 Å². The predicted molar refractivity (Wildman–Crippen MR) is 106 cm³/mol. The van der Waals surface area contributed by atoms with Gasteiger partial charge in [-0.05, 0) is 30.4 Å². The van der Waals surface area contributed by atoms with Crippen LogP contribution < -0.4 is 5.32 Å². The number of nitrogens with one attached hydrogen (secondary N) is 1. The van der Waals surface area contributed by atoms with E-state index in [4.69, 9.17) is 0 Å². The van der Waals surface area contributed by atoms with Gasteiger partial charge in [-0.3, -0.25) is 9.69 Å². The molecule has 156 valence electrons. The number of rotatable bonds is 5. The zero-order valence-electron chi connectivity index (χ0n) is 16.6. The van der Waals surface area contributed by atoms with Crippen molar-refractivity contribution in [3.05, 3.63) is 30.1 Å². The molecule has 3 rings (SSSR count). The quantitative estimate of drug-likeness (QED) is 0.805. The number of piperazine rings is 1. The third-order valence-corrected chi connectivity index (χ3v) is 8.14. The first-order chi connectivity index (χ1) is 13.3. The third kappa shape index (κ3) is 4.72. The molecule has 0 unspecified atom stereocenters. The lowest BCUT2D eigenvalue weighted by Gasteiger charge is -2.36. The largest absolute Gasteiger partial charge is 0.352 e. The maximum absolute atomic E-state index is 13.9. The molecule has 1 aromatic rings. The van der Waals surface area contributed by atoms with Crippen molar-refractivity contribution in [1.29, 1.82) is 0 Å². The smallest absolute Gasteiger partial charge is 0.246 e. The second kappa shape index (κ2) is 8.88. The molecule has 1 amide bonds. The minimum atomic E-state index is -3.85. The standard InChI is InChI=1S/C20H30FN3O3S/c1-15-6-5-8-18(16(15)2)22-20(25)14-23-10-12-24(13-11-23)28(26,27)19-9-4-3-7-17(19)21/h3-4,7,9,15-16,18H,5-6,8,10-14H2,1-2H3,(H,22,25)/t15-,16+,18+/m1/s1. The number of benzene rings is 1. The van der Waals surface area contributed by atoms with Crippen molar-refractivity contribution in [3.63, 3.8) is 0 Å². The highest BCUT2D eigenvalue weighted by atomic mass is 32.2. The highest BCUT2D eigenvalue weighted by Gasteiger charge is 2.32. The highest BCUT2D eigenvalue weighted by molar-refractivity contribution is 7.89. The molecule has 1 saturated carbocycles. The first-order valence-corrected chi connectivity index (χ1v) is 11.5. The van der Waals surface area contributed by atoms with E-state index in [0.717, 1.165) is 18.9 Å². The van der Waals surface area contributed by atoms with Crippen LogP contribution in [0.2, 0.25) is 0 Å². The lowest BCUT2D eigenvalue weighted by Crippen LogP contribution is -2.53. The Bertz CT molecular complexity index is 794. The second-order valence-electron chi connectivity index (χ2n) is 8.05. The van der Waals surface area contributed by atoms with Crippen LogP contribution in [-0.2, 0) is 14.8 Å². The van der Waals surface area contributed by atoms with Crippen LogP contribution in [0, 0.1) is 17.7 Å². The van der Waals surface area contributed by atoms with E-state index in [-0.39, 0.29) is 36.5 Å². The van der Waals surface area contributed by atoms with E-state index in [1.165, 1.54) is 28.9 Å². The molecule has 0 aromatic heterocycles. The molecule has 0 spiro atoms. The predicted octanol–water partition coefficient (Wildman–Crippen LogP) is 2.07. The van der Waals surface area contributed by atoms with Crippen LogP contribution in [0.3, 0.4) is 0 Å². The van der Waals surface area contributed by atoms with Crippen LogP contribution in [0.1, 0.15) is 33.1 Å². The molecule has 1 aromatic carbocycles. The lowest BCUT2D eigenvalue weighted by molar-refractivity contribution is -0.124. The zero-order chi connectivity index (χ0) is 20.3. The van der Waals surface area contributed by atoms with Crippen molar-refractivity contribution in [1.82, 2.24) is 14.5 Å². The van der Waals surface area contributed by atoms with Crippen LogP contribution in [0.5, 0.6) is 0 Å². The summed E-state index contributed by atoms with van der Waals surface area (Å²) in [5.74, 6) is 0.350. The Morgan fingerprint density at radius 1 is 1.14 bits per heavy atom. The van der Waals surface area contributed by atoms with Gasteiger partial charge in [-0.15, -0.1) is 0 Å². The van der Waals surface area contributed by atoms with Gasteiger partial charge in [0.25, 0.3) is 0 Å². The minimum Gasteiger partial charge on any atom is -0.352 e. The summed E-state index contributed by atoms with van der Waals surface area (Å²) in [4.78, 5) is 14.1. The first kappa shape index (κ1) is 21.2. The zero-order valence-corrected chi connectivity index (χ0v) is 17.4. The molecule has 0 radical (unpaired) electrons. The number of hydrogen-bond donors (Lipinski definition) is 1. The molecular weight excluding hydrogens is 381 g/mol. The molecule has 2 aliphatic rings. The van der Waals surface area contributed by atoms with E-state index in [9.17, 15) is 17.6 Å². The average Bonchev–Trinajstić information content (AvgIpc) is 2.66. The lowest BCUT2D eigenvalue weighted by atomic mass is 9.78. The normalized spacial score (nSPS) is 27.5. The number of carbonyl (C=O) groups excluding carboxylic acids is 1. The Hall–Kier alpha value is -1.51. The maximum Gasteiger partial charge on any atom is 0.246 e. The molecule has 1 aliphatic heterocycles. The molecule has 8 heteroatoms. The van der Waals surface area contributed by atoms with Gasteiger partial charge < -0.3 is 5.32 Å². The fourth-order valence-electron chi connectivity index (χ4n) is 4.16. The van der Waals surface area contributed by atoms with E-state index in [2.05, 4.69) is 19.2 Å². The number of hydrogen-bond acceptors (Lipinski definition) is 4. The van der Waals surface area contributed by atoms with Gasteiger partial charge in [-0.25, -0.2) is 12.8 Å². The molecule has 1 N–H and O–H groups in total. The Kier molecular flexibility index (Phi) is 6.73.